The quantitative estimate of drug-likeness (QED) is 0.729. The van der Waals surface area contributed by atoms with Gasteiger partial charge in [-0.25, -0.2) is 0 Å². The summed E-state index contributed by atoms with van der Waals surface area (Å²) in [6.07, 6.45) is 1.68. The lowest BCUT2D eigenvalue weighted by atomic mass is 9.86. The SMILES string of the molecule is CCN1CCC(NC(C)C)(C(=O)OC)CC1. The van der Waals surface area contributed by atoms with E-state index < -0.39 is 5.54 Å². The summed E-state index contributed by atoms with van der Waals surface area (Å²) in [5, 5.41) is 3.39. The number of carbonyl (C=O) groups excluding carboxylic acids is 1. The van der Waals surface area contributed by atoms with Gasteiger partial charge in [-0.1, -0.05) is 6.92 Å². The second kappa shape index (κ2) is 5.64. The van der Waals surface area contributed by atoms with Gasteiger partial charge in [0.25, 0.3) is 0 Å². The van der Waals surface area contributed by atoms with E-state index in [-0.39, 0.29) is 5.97 Å². The Bertz CT molecular complexity index is 233. The van der Waals surface area contributed by atoms with Crippen LogP contribution < -0.4 is 5.32 Å². The zero-order valence-corrected chi connectivity index (χ0v) is 10.9. The molecule has 0 radical (unpaired) electrons. The molecule has 1 fully saturated rings. The van der Waals surface area contributed by atoms with Crippen LogP contribution in [-0.2, 0) is 9.53 Å². The molecule has 1 aliphatic heterocycles. The van der Waals surface area contributed by atoms with Crippen molar-refractivity contribution in [3.05, 3.63) is 0 Å². The van der Waals surface area contributed by atoms with Crippen LogP contribution in [0.4, 0.5) is 0 Å². The molecule has 0 atom stereocenters. The smallest absolute Gasteiger partial charge is 0.326 e. The molecule has 0 aliphatic carbocycles. The van der Waals surface area contributed by atoms with E-state index in [1.165, 1.54) is 7.11 Å². The summed E-state index contributed by atoms with van der Waals surface area (Å²) in [6, 6.07) is 0.298. The molecular weight excluding hydrogens is 204 g/mol. The van der Waals surface area contributed by atoms with Gasteiger partial charge in [-0.15, -0.1) is 0 Å². The van der Waals surface area contributed by atoms with Crippen molar-refractivity contribution in [1.82, 2.24) is 10.2 Å². The van der Waals surface area contributed by atoms with Crippen LogP contribution in [0.5, 0.6) is 0 Å². The highest BCUT2D eigenvalue weighted by Crippen LogP contribution is 2.24. The van der Waals surface area contributed by atoms with Crippen LogP contribution in [-0.4, -0.2) is 49.2 Å². The Morgan fingerprint density at radius 2 is 2.00 bits per heavy atom. The van der Waals surface area contributed by atoms with Crippen LogP contribution in [0, 0.1) is 0 Å². The zero-order chi connectivity index (χ0) is 12.2. The Kier molecular flexibility index (Phi) is 4.74. The van der Waals surface area contributed by atoms with Gasteiger partial charge in [0.1, 0.15) is 5.54 Å². The zero-order valence-electron chi connectivity index (χ0n) is 10.9. The first-order valence-corrected chi connectivity index (χ1v) is 6.12. The number of hydrogen-bond acceptors (Lipinski definition) is 4. The fraction of sp³-hybridized carbons (Fsp3) is 0.917. The van der Waals surface area contributed by atoms with Gasteiger partial charge >= 0.3 is 5.97 Å². The van der Waals surface area contributed by atoms with Crippen molar-refractivity contribution in [3.63, 3.8) is 0 Å². The molecule has 0 aromatic carbocycles. The molecule has 0 amide bonds. The number of piperidine rings is 1. The van der Waals surface area contributed by atoms with Crippen molar-refractivity contribution in [2.24, 2.45) is 0 Å². The number of ether oxygens (including phenoxy) is 1. The number of nitrogens with zero attached hydrogens (tertiary/aromatic N) is 1. The largest absolute Gasteiger partial charge is 0.468 e. The predicted octanol–water partition coefficient (Wildman–Crippen LogP) is 1.01. The van der Waals surface area contributed by atoms with E-state index >= 15 is 0 Å². The van der Waals surface area contributed by atoms with Gasteiger partial charge in [0.15, 0.2) is 0 Å². The minimum Gasteiger partial charge on any atom is -0.468 e. The molecule has 0 aromatic heterocycles. The molecule has 0 bridgehead atoms. The minimum absolute atomic E-state index is 0.114. The van der Waals surface area contributed by atoms with E-state index in [0.29, 0.717) is 6.04 Å². The molecule has 1 saturated heterocycles. The van der Waals surface area contributed by atoms with Gasteiger partial charge in [-0.2, -0.15) is 0 Å². The molecule has 0 aromatic rings. The maximum absolute atomic E-state index is 11.9. The van der Waals surface area contributed by atoms with Crippen LogP contribution >= 0.6 is 0 Å². The molecule has 94 valence electrons. The van der Waals surface area contributed by atoms with Gasteiger partial charge in [0, 0.05) is 19.1 Å². The van der Waals surface area contributed by atoms with Crippen LogP contribution in [0.3, 0.4) is 0 Å². The Balaban J connectivity index is 2.70. The average Bonchev–Trinajstić information content (AvgIpc) is 2.28. The van der Waals surface area contributed by atoms with Crippen molar-refractivity contribution >= 4 is 5.97 Å². The fourth-order valence-corrected chi connectivity index (χ4v) is 2.41. The van der Waals surface area contributed by atoms with Crippen LogP contribution in [0.25, 0.3) is 0 Å². The van der Waals surface area contributed by atoms with Gasteiger partial charge in [0.05, 0.1) is 7.11 Å². The highest BCUT2D eigenvalue weighted by atomic mass is 16.5. The normalized spacial score (nSPS) is 21.1. The van der Waals surface area contributed by atoms with E-state index in [9.17, 15) is 4.79 Å². The molecule has 4 nitrogen and oxygen atoms in total. The number of rotatable bonds is 4. The first-order chi connectivity index (χ1) is 7.54. The third-order valence-corrected chi connectivity index (χ3v) is 3.30. The Morgan fingerprint density at radius 1 is 1.44 bits per heavy atom. The standard InChI is InChI=1S/C12H24N2O2/c1-5-14-8-6-12(7-9-14,11(15)16-4)13-10(2)3/h10,13H,5-9H2,1-4H3. The second-order valence-electron chi connectivity index (χ2n) is 4.81. The molecule has 1 aliphatic rings. The monoisotopic (exact) mass is 228 g/mol. The summed E-state index contributed by atoms with van der Waals surface area (Å²) >= 11 is 0. The van der Waals surface area contributed by atoms with Crippen molar-refractivity contribution < 1.29 is 9.53 Å². The third-order valence-electron chi connectivity index (χ3n) is 3.30. The number of likely N-dealkylation sites (tertiary alicyclic amines) is 1. The lowest BCUT2D eigenvalue weighted by Crippen LogP contribution is -2.60. The van der Waals surface area contributed by atoms with Crippen molar-refractivity contribution in [3.8, 4) is 0 Å². The summed E-state index contributed by atoms with van der Waals surface area (Å²) in [6.45, 7) is 9.27. The molecule has 1 rings (SSSR count). The number of esters is 1. The van der Waals surface area contributed by atoms with E-state index in [2.05, 4.69) is 31.0 Å². The highest BCUT2D eigenvalue weighted by molar-refractivity contribution is 5.81. The van der Waals surface area contributed by atoms with Crippen molar-refractivity contribution in [2.45, 2.75) is 45.2 Å². The van der Waals surface area contributed by atoms with Crippen LogP contribution in [0.15, 0.2) is 0 Å². The number of carbonyl (C=O) groups is 1. The van der Waals surface area contributed by atoms with Crippen LogP contribution in [0.2, 0.25) is 0 Å². The summed E-state index contributed by atoms with van der Waals surface area (Å²) in [7, 11) is 1.47. The topological polar surface area (TPSA) is 41.6 Å². The van der Waals surface area contributed by atoms with Gasteiger partial charge in [-0.3, -0.25) is 10.1 Å². The van der Waals surface area contributed by atoms with E-state index in [4.69, 9.17) is 4.74 Å². The first-order valence-electron chi connectivity index (χ1n) is 6.12. The summed E-state index contributed by atoms with van der Waals surface area (Å²) in [5.41, 5.74) is -0.464. The average molecular weight is 228 g/mol. The lowest BCUT2D eigenvalue weighted by molar-refractivity contribution is -0.151. The number of hydrogen-bond donors (Lipinski definition) is 1. The molecule has 0 spiro atoms. The molecule has 0 unspecified atom stereocenters. The summed E-state index contributed by atoms with van der Waals surface area (Å²) in [4.78, 5) is 14.3. The van der Waals surface area contributed by atoms with Crippen molar-refractivity contribution in [1.29, 1.82) is 0 Å². The Morgan fingerprint density at radius 3 is 2.38 bits per heavy atom. The Labute approximate surface area is 98.3 Å². The minimum atomic E-state index is -0.464. The first kappa shape index (κ1) is 13.5. The number of nitrogens with one attached hydrogen (secondary N) is 1. The molecular formula is C12H24N2O2. The molecule has 0 saturated carbocycles. The van der Waals surface area contributed by atoms with Gasteiger partial charge < -0.3 is 9.64 Å². The van der Waals surface area contributed by atoms with Crippen LogP contribution in [0.1, 0.15) is 33.6 Å². The van der Waals surface area contributed by atoms with E-state index in [1.807, 2.05) is 0 Å². The Hall–Kier alpha value is -0.610. The maximum atomic E-state index is 11.9. The molecule has 1 N–H and O–H groups in total. The molecule has 1 heterocycles. The third kappa shape index (κ3) is 2.95. The predicted molar refractivity (Wildman–Crippen MR) is 64.4 cm³/mol. The maximum Gasteiger partial charge on any atom is 0.326 e. The summed E-state index contributed by atoms with van der Waals surface area (Å²) in [5.74, 6) is -0.114. The van der Waals surface area contributed by atoms with Gasteiger partial charge in [-0.05, 0) is 33.2 Å². The molecule has 4 heteroatoms. The lowest BCUT2D eigenvalue weighted by Gasteiger charge is -2.41. The van der Waals surface area contributed by atoms with E-state index in [0.717, 1.165) is 32.5 Å². The second-order valence-corrected chi connectivity index (χ2v) is 4.81. The molecule has 16 heavy (non-hydrogen) atoms. The van der Waals surface area contributed by atoms with Crippen molar-refractivity contribution in [2.75, 3.05) is 26.7 Å². The number of methoxy groups -OCH3 is 1. The van der Waals surface area contributed by atoms with E-state index in [1.54, 1.807) is 0 Å². The fourth-order valence-electron chi connectivity index (χ4n) is 2.41. The highest BCUT2D eigenvalue weighted by Gasteiger charge is 2.42. The van der Waals surface area contributed by atoms with Gasteiger partial charge in [0.2, 0.25) is 0 Å². The summed E-state index contributed by atoms with van der Waals surface area (Å²) < 4.78 is 4.94.